The predicted octanol–water partition coefficient (Wildman–Crippen LogP) is 5.04. The zero-order chi connectivity index (χ0) is 17.9. The third-order valence-corrected chi connectivity index (χ3v) is 5.70. The summed E-state index contributed by atoms with van der Waals surface area (Å²) < 4.78 is 6.56. The van der Waals surface area contributed by atoms with E-state index in [1.807, 2.05) is 42.5 Å². The first-order valence-corrected chi connectivity index (χ1v) is 10.0. The molecule has 2 aromatic heterocycles. The Morgan fingerprint density at radius 2 is 1.88 bits per heavy atom. The topological polar surface area (TPSA) is 56.5 Å². The number of halogens is 1. The number of aromatic nitrogens is 5. The Hall–Kier alpha value is -2.22. The van der Waals surface area contributed by atoms with Gasteiger partial charge in [-0.2, -0.15) is 0 Å². The lowest BCUT2D eigenvalue weighted by atomic mass is 10.1. The van der Waals surface area contributed by atoms with Crippen LogP contribution in [0.25, 0.3) is 17.1 Å². The monoisotopic (exact) mass is 399 g/mol. The maximum atomic E-state index is 6.12. The molecule has 0 radical (unpaired) electrons. The summed E-state index contributed by atoms with van der Waals surface area (Å²) in [5, 5.41) is 13.7. The first kappa shape index (κ1) is 17.2. The lowest BCUT2D eigenvalue weighted by Gasteiger charge is -2.10. The normalized spacial score (nSPS) is 11.0. The van der Waals surface area contributed by atoms with E-state index >= 15 is 0 Å². The Morgan fingerprint density at radius 3 is 2.62 bits per heavy atom. The SMILES string of the molecule is Cc1cccc(-c2nnc(SCc3nnsc3Cl)n2-c2ccccc2)c1. The number of rotatable bonds is 5. The first-order chi connectivity index (χ1) is 12.7. The Morgan fingerprint density at radius 1 is 1.04 bits per heavy atom. The first-order valence-electron chi connectivity index (χ1n) is 7.90. The van der Waals surface area contributed by atoms with Crippen LogP contribution in [0.4, 0.5) is 0 Å². The number of hydrogen-bond donors (Lipinski definition) is 0. The van der Waals surface area contributed by atoms with E-state index in [1.54, 1.807) is 11.8 Å². The van der Waals surface area contributed by atoms with Gasteiger partial charge in [0.25, 0.3) is 0 Å². The van der Waals surface area contributed by atoms with Gasteiger partial charge in [0, 0.05) is 28.5 Å². The molecule has 26 heavy (non-hydrogen) atoms. The van der Waals surface area contributed by atoms with Crippen LogP contribution in [-0.2, 0) is 5.75 Å². The third kappa shape index (κ3) is 3.51. The zero-order valence-corrected chi connectivity index (χ0v) is 16.2. The second kappa shape index (κ2) is 7.57. The van der Waals surface area contributed by atoms with Gasteiger partial charge in [0.05, 0.1) is 0 Å². The summed E-state index contributed by atoms with van der Waals surface area (Å²) in [6.07, 6.45) is 0. The average molecular weight is 400 g/mol. The molecule has 2 heterocycles. The number of nitrogens with zero attached hydrogens (tertiary/aromatic N) is 5. The van der Waals surface area contributed by atoms with Crippen molar-refractivity contribution in [3.05, 3.63) is 70.2 Å². The molecule has 0 saturated heterocycles. The molecule has 0 aliphatic carbocycles. The molecular formula is C18H14ClN5S2. The van der Waals surface area contributed by atoms with Crippen LogP contribution in [0.15, 0.2) is 59.8 Å². The molecule has 0 aliphatic rings. The lowest BCUT2D eigenvalue weighted by Crippen LogP contribution is -2.00. The number of thioether (sulfide) groups is 1. The van der Waals surface area contributed by atoms with Crippen LogP contribution in [-0.4, -0.2) is 24.4 Å². The van der Waals surface area contributed by atoms with Gasteiger partial charge in [-0.15, -0.1) is 15.3 Å². The number of hydrogen-bond acceptors (Lipinski definition) is 6. The molecule has 4 aromatic rings. The molecule has 130 valence electrons. The lowest BCUT2D eigenvalue weighted by molar-refractivity contribution is 0.884. The highest BCUT2D eigenvalue weighted by Crippen LogP contribution is 2.31. The van der Waals surface area contributed by atoms with E-state index in [-0.39, 0.29) is 0 Å². The molecular weight excluding hydrogens is 386 g/mol. The van der Waals surface area contributed by atoms with Crippen LogP contribution in [0.1, 0.15) is 11.3 Å². The Labute approximate surface area is 164 Å². The number of aryl methyl sites for hydroxylation is 1. The van der Waals surface area contributed by atoms with Crippen LogP contribution in [0.3, 0.4) is 0 Å². The van der Waals surface area contributed by atoms with E-state index in [1.165, 1.54) is 17.1 Å². The highest BCUT2D eigenvalue weighted by Gasteiger charge is 2.17. The molecule has 8 heteroatoms. The van der Waals surface area contributed by atoms with Crippen molar-refractivity contribution in [3.63, 3.8) is 0 Å². The van der Waals surface area contributed by atoms with Crippen molar-refractivity contribution in [3.8, 4) is 17.1 Å². The smallest absolute Gasteiger partial charge is 0.196 e. The zero-order valence-electron chi connectivity index (χ0n) is 13.8. The van der Waals surface area contributed by atoms with E-state index in [2.05, 4.69) is 43.4 Å². The van der Waals surface area contributed by atoms with Crippen molar-refractivity contribution in [2.45, 2.75) is 17.8 Å². The third-order valence-electron chi connectivity index (χ3n) is 3.77. The van der Waals surface area contributed by atoms with Gasteiger partial charge >= 0.3 is 0 Å². The molecule has 0 N–H and O–H groups in total. The number of benzene rings is 2. The summed E-state index contributed by atoms with van der Waals surface area (Å²) in [7, 11) is 0. The van der Waals surface area contributed by atoms with Crippen LogP contribution < -0.4 is 0 Å². The minimum atomic E-state index is 0.591. The fourth-order valence-electron chi connectivity index (χ4n) is 2.56. The minimum absolute atomic E-state index is 0.591. The van der Waals surface area contributed by atoms with Crippen LogP contribution in [0, 0.1) is 6.92 Å². The highest BCUT2D eigenvalue weighted by atomic mass is 35.5. The largest absolute Gasteiger partial charge is 0.270 e. The van der Waals surface area contributed by atoms with Crippen molar-refractivity contribution in [1.82, 2.24) is 24.4 Å². The van der Waals surface area contributed by atoms with E-state index in [4.69, 9.17) is 11.6 Å². The highest BCUT2D eigenvalue weighted by molar-refractivity contribution is 7.98. The van der Waals surface area contributed by atoms with Gasteiger partial charge in [-0.1, -0.05) is 69.8 Å². The molecule has 0 atom stereocenters. The van der Waals surface area contributed by atoms with Gasteiger partial charge in [0.1, 0.15) is 10.0 Å². The van der Waals surface area contributed by atoms with Crippen molar-refractivity contribution in [2.24, 2.45) is 0 Å². The Bertz CT molecular complexity index is 1030. The summed E-state index contributed by atoms with van der Waals surface area (Å²) in [5.41, 5.74) is 3.99. The van der Waals surface area contributed by atoms with Crippen molar-refractivity contribution < 1.29 is 0 Å². The molecule has 2 aromatic carbocycles. The quantitative estimate of drug-likeness (QED) is 0.440. The van der Waals surface area contributed by atoms with Crippen LogP contribution in [0.2, 0.25) is 4.34 Å². The summed E-state index contributed by atoms with van der Waals surface area (Å²) >= 11 is 8.85. The second-order valence-corrected chi connectivity index (χ2v) is 7.93. The predicted molar refractivity (Wildman–Crippen MR) is 106 cm³/mol. The molecule has 4 rings (SSSR count). The van der Waals surface area contributed by atoms with Crippen LogP contribution in [0.5, 0.6) is 0 Å². The summed E-state index contributed by atoms with van der Waals surface area (Å²) in [5.74, 6) is 1.40. The maximum Gasteiger partial charge on any atom is 0.196 e. The summed E-state index contributed by atoms with van der Waals surface area (Å²) in [6.45, 7) is 2.07. The van der Waals surface area contributed by atoms with Gasteiger partial charge in [-0.3, -0.25) is 4.57 Å². The van der Waals surface area contributed by atoms with E-state index in [9.17, 15) is 0 Å². The molecule has 0 unspecified atom stereocenters. The Balaban J connectivity index is 1.76. The van der Waals surface area contributed by atoms with E-state index < -0.39 is 0 Å². The molecule has 0 aliphatic heterocycles. The molecule has 5 nitrogen and oxygen atoms in total. The molecule has 0 amide bonds. The van der Waals surface area contributed by atoms with Crippen molar-refractivity contribution >= 4 is 34.9 Å². The second-order valence-electron chi connectivity index (χ2n) is 5.63. The maximum absolute atomic E-state index is 6.12. The molecule has 0 fully saturated rings. The standard InChI is InChI=1S/C18H14ClN5S2/c1-12-6-5-7-13(10-12)17-21-22-18(24(17)14-8-3-2-4-9-14)25-11-15-16(19)26-23-20-15/h2-10H,11H2,1H3. The van der Waals surface area contributed by atoms with Crippen molar-refractivity contribution in [2.75, 3.05) is 0 Å². The minimum Gasteiger partial charge on any atom is -0.270 e. The Kier molecular flexibility index (Phi) is 5.01. The molecule has 0 spiro atoms. The van der Waals surface area contributed by atoms with Crippen molar-refractivity contribution in [1.29, 1.82) is 0 Å². The van der Waals surface area contributed by atoms with Gasteiger partial charge in [0.15, 0.2) is 11.0 Å². The summed E-state index contributed by atoms with van der Waals surface area (Å²) in [6, 6.07) is 18.4. The summed E-state index contributed by atoms with van der Waals surface area (Å²) in [4.78, 5) is 0. The fraction of sp³-hybridized carbons (Fsp3) is 0.111. The molecule has 0 bridgehead atoms. The van der Waals surface area contributed by atoms with Gasteiger partial charge in [-0.05, 0) is 25.1 Å². The number of para-hydroxylation sites is 1. The average Bonchev–Trinajstić information content (AvgIpc) is 3.26. The fourth-order valence-corrected chi connectivity index (χ4v) is 4.25. The van der Waals surface area contributed by atoms with E-state index in [0.717, 1.165) is 27.9 Å². The molecule has 0 saturated carbocycles. The van der Waals surface area contributed by atoms with Gasteiger partial charge < -0.3 is 0 Å². The van der Waals surface area contributed by atoms with Gasteiger partial charge in [0.2, 0.25) is 0 Å². The van der Waals surface area contributed by atoms with Crippen LogP contribution >= 0.6 is 34.9 Å². The van der Waals surface area contributed by atoms with Gasteiger partial charge in [-0.25, -0.2) is 0 Å². The van der Waals surface area contributed by atoms with E-state index in [0.29, 0.717) is 10.1 Å².